The van der Waals surface area contributed by atoms with Crippen LogP contribution in [0.3, 0.4) is 0 Å². The van der Waals surface area contributed by atoms with E-state index in [1.54, 1.807) is 0 Å². The highest BCUT2D eigenvalue weighted by atomic mass is 16.7. The van der Waals surface area contributed by atoms with Gasteiger partial charge in [-0.3, -0.25) is 4.79 Å². The van der Waals surface area contributed by atoms with E-state index in [1.807, 2.05) is 0 Å². The number of hydrogen-bond acceptors (Lipinski definition) is 9. The van der Waals surface area contributed by atoms with Gasteiger partial charge in [0, 0.05) is 13.0 Å². The van der Waals surface area contributed by atoms with Crippen molar-refractivity contribution in [1.29, 1.82) is 0 Å². The number of unbranched alkanes of at least 4 members (excludes halogenated alkanes) is 26. The van der Waals surface area contributed by atoms with Gasteiger partial charge >= 0.3 is 5.97 Å². The highest BCUT2D eigenvalue weighted by Crippen LogP contribution is 2.23. The predicted octanol–water partition coefficient (Wildman–Crippen LogP) is 11.0. The van der Waals surface area contributed by atoms with E-state index in [4.69, 9.17) is 18.9 Å². The first-order valence-electron chi connectivity index (χ1n) is 23.9. The van der Waals surface area contributed by atoms with E-state index < -0.39 is 43.4 Å². The Bertz CT molecular complexity index is 926. The quantitative estimate of drug-likeness (QED) is 0.0270. The zero-order valence-corrected chi connectivity index (χ0v) is 36.9. The van der Waals surface area contributed by atoms with Crippen molar-refractivity contribution in [3.05, 3.63) is 24.3 Å². The summed E-state index contributed by atoms with van der Waals surface area (Å²) in [5.41, 5.74) is 0. The third kappa shape index (κ3) is 31.2. The SMILES string of the molecule is CCCCCCC/C=C\C/C=C\CCCCCCCCCCCCCCCC(=O)OC(COCCCCCCCCCCC)COC1OC(CO)C(O)C(O)C1O. The molecule has 0 amide bonds. The van der Waals surface area contributed by atoms with Crippen LogP contribution in [0.25, 0.3) is 0 Å². The Morgan fingerprint density at radius 1 is 0.561 bits per heavy atom. The maximum Gasteiger partial charge on any atom is 0.306 e. The van der Waals surface area contributed by atoms with Gasteiger partial charge in [-0.05, 0) is 44.9 Å². The summed E-state index contributed by atoms with van der Waals surface area (Å²) in [4.78, 5) is 12.8. The highest BCUT2D eigenvalue weighted by molar-refractivity contribution is 5.69. The Morgan fingerprint density at radius 3 is 1.51 bits per heavy atom. The number of allylic oxidation sites excluding steroid dienone is 4. The summed E-state index contributed by atoms with van der Waals surface area (Å²) in [5.74, 6) is -0.313. The van der Waals surface area contributed by atoms with Crippen LogP contribution >= 0.6 is 0 Å². The second-order valence-electron chi connectivity index (χ2n) is 16.6. The van der Waals surface area contributed by atoms with Gasteiger partial charge in [-0.15, -0.1) is 0 Å². The summed E-state index contributed by atoms with van der Waals surface area (Å²) in [6.45, 7) is 4.55. The van der Waals surface area contributed by atoms with Crippen LogP contribution in [0.4, 0.5) is 0 Å². The lowest BCUT2D eigenvalue weighted by Crippen LogP contribution is -2.59. The second-order valence-corrected chi connectivity index (χ2v) is 16.6. The molecule has 0 aliphatic carbocycles. The second kappa shape index (κ2) is 40.1. The number of esters is 1. The fraction of sp³-hybridized carbons (Fsp3) is 0.896. The lowest BCUT2D eigenvalue weighted by atomic mass is 9.99. The molecule has 9 heteroatoms. The number of carbonyl (C=O) groups is 1. The van der Waals surface area contributed by atoms with Gasteiger partial charge in [0.05, 0.1) is 19.8 Å². The molecule has 1 aliphatic heterocycles. The lowest BCUT2D eigenvalue weighted by Gasteiger charge is -2.39. The molecule has 0 aromatic rings. The lowest BCUT2D eigenvalue weighted by molar-refractivity contribution is -0.305. The fourth-order valence-electron chi connectivity index (χ4n) is 7.35. The minimum absolute atomic E-state index is 0.110. The highest BCUT2D eigenvalue weighted by Gasteiger charge is 2.44. The summed E-state index contributed by atoms with van der Waals surface area (Å²) in [5, 5.41) is 40.1. The smallest absolute Gasteiger partial charge is 0.306 e. The number of hydrogen-bond donors (Lipinski definition) is 4. The molecule has 9 nitrogen and oxygen atoms in total. The summed E-state index contributed by atoms with van der Waals surface area (Å²) in [7, 11) is 0. The van der Waals surface area contributed by atoms with E-state index >= 15 is 0 Å². The molecule has 1 aliphatic rings. The molecule has 4 N–H and O–H groups in total. The van der Waals surface area contributed by atoms with Gasteiger partial charge < -0.3 is 39.4 Å². The molecule has 0 spiro atoms. The normalized spacial score (nSPS) is 20.6. The van der Waals surface area contributed by atoms with Crippen LogP contribution in [0, 0.1) is 0 Å². The van der Waals surface area contributed by atoms with Crippen molar-refractivity contribution in [2.24, 2.45) is 0 Å². The maximum absolute atomic E-state index is 12.8. The average molecular weight is 811 g/mol. The van der Waals surface area contributed by atoms with Gasteiger partial charge in [-0.25, -0.2) is 0 Å². The van der Waals surface area contributed by atoms with Gasteiger partial charge in [0.2, 0.25) is 0 Å². The van der Waals surface area contributed by atoms with Crippen LogP contribution in [0.2, 0.25) is 0 Å². The summed E-state index contributed by atoms with van der Waals surface area (Å²) in [6.07, 6.45) is 39.3. The fourth-order valence-corrected chi connectivity index (χ4v) is 7.35. The van der Waals surface area contributed by atoms with Crippen molar-refractivity contribution >= 4 is 5.97 Å². The summed E-state index contributed by atoms with van der Waals surface area (Å²) < 4.78 is 22.8. The molecule has 0 aromatic heterocycles. The first-order chi connectivity index (χ1) is 27.9. The first-order valence-corrected chi connectivity index (χ1v) is 23.9. The van der Waals surface area contributed by atoms with E-state index in [-0.39, 0.29) is 19.2 Å². The molecule has 0 saturated carbocycles. The third-order valence-corrected chi connectivity index (χ3v) is 11.1. The van der Waals surface area contributed by atoms with E-state index in [2.05, 4.69) is 38.2 Å². The van der Waals surface area contributed by atoms with E-state index in [0.29, 0.717) is 13.0 Å². The monoisotopic (exact) mass is 811 g/mol. The first kappa shape index (κ1) is 53.7. The zero-order chi connectivity index (χ0) is 41.4. The van der Waals surface area contributed by atoms with Crippen molar-refractivity contribution in [1.82, 2.24) is 0 Å². The summed E-state index contributed by atoms with van der Waals surface area (Å²) >= 11 is 0. The molecule has 6 unspecified atom stereocenters. The molecule has 1 saturated heterocycles. The van der Waals surface area contributed by atoms with Crippen molar-refractivity contribution in [2.45, 2.75) is 250 Å². The molecule has 1 rings (SSSR count). The van der Waals surface area contributed by atoms with Crippen LogP contribution in [0.1, 0.15) is 213 Å². The molecule has 6 atom stereocenters. The largest absolute Gasteiger partial charge is 0.457 e. The van der Waals surface area contributed by atoms with Crippen LogP contribution in [-0.4, -0.2) is 89.6 Å². The predicted molar refractivity (Wildman–Crippen MR) is 233 cm³/mol. The Labute approximate surface area is 349 Å². The Morgan fingerprint density at radius 2 is 1.02 bits per heavy atom. The van der Waals surface area contributed by atoms with Crippen LogP contribution in [0.5, 0.6) is 0 Å². The number of aliphatic hydroxyl groups is 4. The molecule has 57 heavy (non-hydrogen) atoms. The molecule has 336 valence electrons. The van der Waals surface area contributed by atoms with Gasteiger partial charge in [-0.2, -0.15) is 0 Å². The molecular weight excluding hydrogens is 721 g/mol. The number of aliphatic hydroxyl groups excluding tert-OH is 4. The van der Waals surface area contributed by atoms with Crippen LogP contribution < -0.4 is 0 Å². The molecule has 1 heterocycles. The molecule has 0 bridgehead atoms. The van der Waals surface area contributed by atoms with E-state index in [9.17, 15) is 25.2 Å². The Hall–Kier alpha value is -1.33. The molecule has 1 fully saturated rings. The van der Waals surface area contributed by atoms with Crippen molar-refractivity contribution < 1.29 is 44.2 Å². The minimum Gasteiger partial charge on any atom is -0.457 e. The molecular formula is C48H90O9. The van der Waals surface area contributed by atoms with Crippen molar-refractivity contribution in [2.75, 3.05) is 26.4 Å². The topological polar surface area (TPSA) is 135 Å². The van der Waals surface area contributed by atoms with Crippen molar-refractivity contribution in [3.63, 3.8) is 0 Å². The summed E-state index contributed by atoms with van der Waals surface area (Å²) in [6, 6.07) is 0. The number of ether oxygens (including phenoxy) is 4. The van der Waals surface area contributed by atoms with E-state index in [0.717, 1.165) is 38.5 Å². The zero-order valence-electron chi connectivity index (χ0n) is 36.9. The number of carbonyl (C=O) groups excluding carboxylic acids is 1. The number of rotatable bonds is 41. The standard InChI is InChI=1S/C48H90O9/c1-3-5-7-9-11-13-14-15-16-17-18-19-20-21-22-23-24-25-26-27-28-29-31-33-35-37-44(50)56-42(40-54-38-36-34-32-30-12-10-8-6-4-2)41-55-48-47(53)46(52)45(51)43(39-49)57-48/h14-15,17-18,42-43,45-49,51-53H,3-13,16,19-41H2,1-2H3/b15-14-,18-17-. The minimum atomic E-state index is -1.53. The maximum atomic E-state index is 12.8. The van der Waals surface area contributed by atoms with Crippen LogP contribution in [0.15, 0.2) is 24.3 Å². The van der Waals surface area contributed by atoms with Gasteiger partial charge in [0.15, 0.2) is 6.29 Å². The third-order valence-electron chi connectivity index (χ3n) is 11.1. The van der Waals surface area contributed by atoms with Gasteiger partial charge in [-0.1, -0.05) is 186 Å². The van der Waals surface area contributed by atoms with Crippen molar-refractivity contribution in [3.8, 4) is 0 Å². The molecule has 0 radical (unpaired) electrons. The van der Waals surface area contributed by atoms with Crippen LogP contribution in [-0.2, 0) is 23.7 Å². The average Bonchev–Trinajstić information content (AvgIpc) is 3.21. The Balaban J connectivity index is 2.14. The Kier molecular flexibility index (Phi) is 37.8. The van der Waals surface area contributed by atoms with Gasteiger partial charge in [0.25, 0.3) is 0 Å². The van der Waals surface area contributed by atoms with Gasteiger partial charge in [0.1, 0.15) is 30.5 Å². The van der Waals surface area contributed by atoms with E-state index in [1.165, 1.54) is 154 Å². The molecule has 0 aromatic carbocycles.